The third-order valence-corrected chi connectivity index (χ3v) is 4.10. The molecule has 0 bridgehead atoms. The van der Waals surface area contributed by atoms with E-state index >= 15 is 0 Å². The predicted molar refractivity (Wildman–Crippen MR) is 100 cm³/mol. The molecule has 2 aromatic carbocycles. The molecule has 28 heavy (non-hydrogen) atoms. The number of aromatic amines is 1. The fraction of sp³-hybridized carbons (Fsp3) is 0.158. The Balaban J connectivity index is 1.67. The Morgan fingerprint density at radius 2 is 1.86 bits per heavy atom. The fourth-order valence-corrected chi connectivity index (χ4v) is 2.62. The van der Waals surface area contributed by atoms with Gasteiger partial charge in [0.05, 0.1) is 0 Å². The van der Waals surface area contributed by atoms with Crippen LogP contribution in [0.3, 0.4) is 0 Å². The molecule has 1 heterocycles. The highest BCUT2D eigenvalue weighted by Gasteiger charge is 2.14. The average Bonchev–Trinajstić information content (AvgIpc) is 2.96. The van der Waals surface area contributed by atoms with Gasteiger partial charge < -0.3 is 30.8 Å². The van der Waals surface area contributed by atoms with Gasteiger partial charge in [0.25, 0.3) is 0 Å². The lowest BCUT2D eigenvalue weighted by atomic mass is 10.0. The van der Waals surface area contributed by atoms with Crippen molar-refractivity contribution < 1.29 is 24.2 Å². The molecule has 1 aromatic heterocycles. The highest BCUT2D eigenvalue weighted by molar-refractivity contribution is 5.74. The van der Waals surface area contributed by atoms with Crippen molar-refractivity contribution in [2.45, 2.75) is 18.9 Å². The van der Waals surface area contributed by atoms with Crippen LogP contribution in [0.4, 0.5) is 5.69 Å². The SMILES string of the molecule is Nc1cc(Oc2ccc(Cc3oc(=O)[nH]c3O)cc2)ccc1CC(N)C(=O)O. The third-order valence-electron chi connectivity index (χ3n) is 4.10. The van der Waals surface area contributed by atoms with Crippen LogP contribution >= 0.6 is 0 Å². The number of carbonyl (C=O) groups is 1. The molecule has 0 radical (unpaired) electrons. The molecule has 0 aliphatic heterocycles. The topological polar surface area (TPSA) is 165 Å². The molecule has 1 unspecified atom stereocenters. The fourth-order valence-electron chi connectivity index (χ4n) is 2.62. The van der Waals surface area contributed by atoms with E-state index in [4.69, 9.17) is 25.7 Å². The van der Waals surface area contributed by atoms with Crippen LogP contribution in [0.5, 0.6) is 17.4 Å². The van der Waals surface area contributed by atoms with Crippen LogP contribution in [0.2, 0.25) is 0 Å². The summed E-state index contributed by atoms with van der Waals surface area (Å²) in [5, 5.41) is 18.4. The van der Waals surface area contributed by atoms with Gasteiger partial charge in [-0.15, -0.1) is 0 Å². The molecule has 3 aromatic rings. The third kappa shape index (κ3) is 4.51. The van der Waals surface area contributed by atoms with Gasteiger partial charge in [-0.3, -0.25) is 9.78 Å². The second kappa shape index (κ2) is 7.89. The summed E-state index contributed by atoms with van der Waals surface area (Å²) >= 11 is 0. The first kappa shape index (κ1) is 19.1. The van der Waals surface area contributed by atoms with Crippen LogP contribution in [0.15, 0.2) is 51.7 Å². The van der Waals surface area contributed by atoms with Gasteiger partial charge in [0.15, 0.2) is 5.76 Å². The van der Waals surface area contributed by atoms with Crippen LogP contribution in [-0.4, -0.2) is 27.2 Å². The number of aromatic hydroxyl groups is 1. The van der Waals surface area contributed by atoms with Gasteiger partial charge >= 0.3 is 11.7 Å². The van der Waals surface area contributed by atoms with Gasteiger partial charge in [-0.1, -0.05) is 18.2 Å². The molecule has 0 aliphatic rings. The van der Waals surface area contributed by atoms with Gasteiger partial charge in [-0.25, -0.2) is 4.79 Å². The number of aromatic nitrogens is 1. The number of benzene rings is 2. The largest absolute Gasteiger partial charge is 0.492 e. The lowest BCUT2D eigenvalue weighted by Crippen LogP contribution is -2.32. The zero-order valence-electron chi connectivity index (χ0n) is 14.7. The van der Waals surface area contributed by atoms with Crippen molar-refractivity contribution in [3.8, 4) is 17.4 Å². The number of hydrogen-bond acceptors (Lipinski definition) is 7. The number of hydrogen-bond donors (Lipinski definition) is 5. The van der Waals surface area contributed by atoms with E-state index in [0.717, 1.165) is 5.56 Å². The van der Waals surface area contributed by atoms with E-state index in [0.29, 0.717) is 22.7 Å². The standard InChI is InChI=1S/C19H19N3O6/c20-14-9-13(6-3-11(14)8-15(21)18(24)25)27-12-4-1-10(2-5-12)7-16-17(23)22-19(26)28-16/h1-6,9,15,23H,7-8,20-21H2,(H,22,26)(H,24,25). The number of H-pyrrole nitrogens is 1. The second-order valence-corrected chi connectivity index (χ2v) is 6.22. The van der Waals surface area contributed by atoms with Crippen molar-refractivity contribution in [1.29, 1.82) is 0 Å². The molecule has 0 saturated heterocycles. The maximum absolute atomic E-state index is 11.1. The predicted octanol–water partition coefficient (Wildman–Crippen LogP) is 1.59. The minimum atomic E-state index is -1.09. The quantitative estimate of drug-likeness (QED) is 0.382. The Morgan fingerprint density at radius 3 is 2.43 bits per heavy atom. The monoisotopic (exact) mass is 385 g/mol. The van der Waals surface area contributed by atoms with Crippen LogP contribution in [0, 0.1) is 0 Å². The van der Waals surface area contributed by atoms with E-state index in [2.05, 4.69) is 4.98 Å². The molecule has 1 atom stereocenters. The molecule has 9 nitrogen and oxygen atoms in total. The summed E-state index contributed by atoms with van der Waals surface area (Å²) in [4.78, 5) is 24.1. The van der Waals surface area contributed by atoms with Crippen molar-refractivity contribution in [1.82, 2.24) is 4.98 Å². The minimum absolute atomic E-state index is 0.123. The van der Waals surface area contributed by atoms with Gasteiger partial charge in [0.2, 0.25) is 5.88 Å². The number of nitrogen functional groups attached to an aromatic ring is 1. The zero-order valence-corrected chi connectivity index (χ0v) is 14.7. The van der Waals surface area contributed by atoms with E-state index in [-0.39, 0.29) is 24.5 Å². The zero-order chi connectivity index (χ0) is 20.3. The highest BCUT2D eigenvalue weighted by Crippen LogP contribution is 2.27. The number of carboxylic acid groups (broad SMARTS) is 1. The highest BCUT2D eigenvalue weighted by atomic mass is 16.5. The number of oxazole rings is 1. The molecular formula is C19H19N3O6. The van der Waals surface area contributed by atoms with Crippen LogP contribution in [0.1, 0.15) is 16.9 Å². The van der Waals surface area contributed by atoms with Crippen molar-refractivity contribution in [2.75, 3.05) is 5.73 Å². The van der Waals surface area contributed by atoms with Crippen LogP contribution in [0.25, 0.3) is 0 Å². The van der Waals surface area contributed by atoms with E-state index in [1.54, 1.807) is 42.5 Å². The summed E-state index contributed by atoms with van der Waals surface area (Å²) in [6.45, 7) is 0. The molecule has 146 valence electrons. The number of rotatable bonds is 7. The summed E-state index contributed by atoms with van der Waals surface area (Å²) in [6, 6.07) is 10.9. The van der Waals surface area contributed by atoms with Crippen molar-refractivity contribution in [3.05, 3.63) is 69.9 Å². The van der Waals surface area contributed by atoms with E-state index in [9.17, 15) is 14.7 Å². The number of anilines is 1. The molecule has 9 heteroatoms. The lowest BCUT2D eigenvalue weighted by molar-refractivity contribution is -0.138. The Hall–Kier alpha value is -3.72. The van der Waals surface area contributed by atoms with Gasteiger partial charge in [0.1, 0.15) is 17.5 Å². The first-order valence-electron chi connectivity index (χ1n) is 8.36. The maximum atomic E-state index is 11.1. The molecule has 7 N–H and O–H groups in total. The number of nitrogens with two attached hydrogens (primary N) is 2. The first-order valence-corrected chi connectivity index (χ1v) is 8.36. The van der Waals surface area contributed by atoms with Gasteiger partial charge in [-0.05, 0) is 29.3 Å². The number of nitrogens with one attached hydrogen (secondary N) is 1. The molecular weight excluding hydrogens is 366 g/mol. The van der Waals surface area contributed by atoms with Gasteiger partial charge in [-0.2, -0.15) is 0 Å². The molecule has 3 rings (SSSR count). The van der Waals surface area contributed by atoms with Gasteiger partial charge in [0, 0.05) is 24.6 Å². The average molecular weight is 385 g/mol. The van der Waals surface area contributed by atoms with Crippen LogP contribution in [-0.2, 0) is 17.6 Å². The Morgan fingerprint density at radius 1 is 1.18 bits per heavy atom. The summed E-state index contributed by atoms with van der Waals surface area (Å²) in [5.41, 5.74) is 13.3. The van der Waals surface area contributed by atoms with E-state index in [1.807, 2.05) is 0 Å². The summed E-state index contributed by atoms with van der Waals surface area (Å²) in [6.07, 6.45) is 0.370. The molecule has 0 saturated carbocycles. The smallest absolute Gasteiger partial charge is 0.419 e. The normalized spacial score (nSPS) is 11.9. The molecule has 0 aliphatic carbocycles. The maximum Gasteiger partial charge on any atom is 0.419 e. The summed E-state index contributed by atoms with van der Waals surface area (Å²) in [7, 11) is 0. The van der Waals surface area contributed by atoms with Crippen molar-refractivity contribution in [2.24, 2.45) is 5.73 Å². The number of carboxylic acids is 1. The van der Waals surface area contributed by atoms with Crippen LogP contribution < -0.4 is 22.0 Å². The summed E-state index contributed by atoms with van der Waals surface area (Å²) in [5.74, 6) is -0.889. The van der Waals surface area contributed by atoms with E-state index in [1.165, 1.54) is 0 Å². The second-order valence-electron chi connectivity index (χ2n) is 6.22. The number of aliphatic carboxylic acids is 1. The lowest BCUT2D eigenvalue weighted by Gasteiger charge is -2.12. The minimum Gasteiger partial charge on any atom is -0.492 e. The van der Waals surface area contributed by atoms with Crippen molar-refractivity contribution >= 4 is 11.7 Å². The van der Waals surface area contributed by atoms with E-state index < -0.39 is 17.8 Å². The number of ether oxygens (including phenoxy) is 1. The Labute approximate surface area is 159 Å². The summed E-state index contributed by atoms with van der Waals surface area (Å²) < 4.78 is 10.6. The Kier molecular flexibility index (Phi) is 5.37. The molecule has 0 amide bonds. The van der Waals surface area contributed by atoms with Crippen molar-refractivity contribution in [3.63, 3.8) is 0 Å². The first-order chi connectivity index (χ1) is 13.3. The molecule has 0 fully saturated rings. The molecule has 0 spiro atoms. The Bertz CT molecular complexity index is 1040.